The van der Waals surface area contributed by atoms with Crippen molar-refractivity contribution in [2.45, 2.75) is 6.18 Å². The van der Waals surface area contributed by atoms with E-state index in [-0.39, 0.29) is 17.3 Å². The normalized spacial score (nSPS) is 11.8. The van der Waals surface area contributed by atoms with E-state index in [1.165, 1.54) is 30.3 Å². The number of ether oxygens (including phenoxy) is 1. The smallest absolute Gasteiger partial charge is 0.434 e. The Morgan fingerprint density at radius 3 is 2.48 bits per heavy atom. The predicted molar refractivity (Wildman–Crippen MR) is 62.3 cm³/mol. The molecule has 0 saturated carbocycles. The summed E-state index contributed by atoms with van der Waals surface area (Å²) in [6, 6.07) is 7.99. The van der Waals surface area contributed by atoms with Gasteiger partial charge in [-0.15, -0.1) is 15.3 Å². The molecule has 3 rings (SSSR count). The van der Waals surface area contributed by atoms with Crippen molar-refractivity contribution in [1.82, 2.24) is 19.8 Å². The highest BCUT2D eigenvalue weighted by Crippen LogP contribution is 2.28. The highest BCUT2D eigenvalue weighted by Gasteiger charge is 2.37. The van der Waals surface area contributed by atoms with Crippen LogP contribution in [0.2, 0.25) is 0 Å². The maximum atomic E-state index is 13.4. The predicted octanol–water partition coefficient (Wildman–Crippen LogP) is 3.07. The first-order valence-electron chi connectivity index (χ1n) is 5.67. The van der Waals surface area contributed by atoms with E-state index in [1.807, 2.05) is 0 Å². The van der Waals surface area contributed by atoms with Gasteiger partial charge in [-0.25, -0.2) is 4.39 Å². The fourth-order valence-electron chi connectivity index (χ4n) is 1.64. The van der Waals surface area contributed by atoms with Crippen LogP contribution in [0.1, 0.15) is 5.82 Å². The minimum Gasteiger partial charge on any atom is -0.434 e. The van der Waals surface area contributed by atoms with Gasteiger partial charge in [0, 0.05) is 6.07 Å². The molecular weight excluding hydrogens is 292 g/mol. The van der Waals surface area contributed by atoms with Crippen molar-refractivity contribution in [1.29, 1.82) is 0 Å². The molecule has 0 unspecified atom stereocenters. The van der Waals surface area contributed by atoms with Gasteiger partial charge in [0.05, 0.1) is 0 Å². The van der Waals surface area contributed by atoms with Crippen molar-refractivity contribution in [3.63, 3.8) is 0 Å². The van der Waals surface area contributed by atoms with Crippen LogP contribution >= 0.6 is 0 Å². The van der Waals surface area contributed by atoms with E-state index in [9.17, 15) is 17.6 Å². The van der Waals surface area contributed by atoms with Gasteiger partial charge in [0.2, 0.25) is 5.88 Å². The van der Waals surface area contributed by atoms with Crippen LogP contribution in [-0.2, 0) is 6.18 Å². The second-order valence-corrected chi connectivity index (χ2v) is 4.00. The number of para-hydroxylation sites is 1. The number of fused-ring (bicyclic) bond motifs is 1. The van der Waals surface area contributed by atoms with E-state index in [4.69, 9.17) is 4.74 Å². The number of alkyl halides is 3. The van der Waals surface area contributed by atoms with Crippen LogP contribution in [0.5, 0.6) is 11.6 Å². The van der Waals surface area contributed by atoms with E-state index in [0.717, 1.165) is 6.07 Å². The van der Waals surface area contributed by atoms with Gasteiger partial charge in [-0.1, -0.05) is 12.1 Å². The Morgan fingerprint density at radius 1 is 1.00 bits per heavy atom. The topological polar surface area (TPSA) is 52.3 Å². The molecule has 1 aromatic carbocycles. The summed E-state index contributed by atoms with van der Waals surface area (Å²) < 4.78 is 57.2. The lowest BCUT2D eigenvalue weighted by molar-refractivity contribution is -0.146. The minimum absolute atomic E-state index is 0.0943. The summed E-state index contributed by atoms with van der Waals surface area (Å²) >= 11 is 0. The molecule has 108 valence electrons. The van der Waals surface area contributed by atoms with E-state index in [2.05, 4.69) is 15.3 Å². The molecule has 0 radical (unpaired) electrons. The van der Waals surface area contributed by atoms with Crippen LogP contribution in [0.4, 0.5) is 17.6 Å². The van der Waals surface area contributed by atoms with E-state index in [0.29, 0.717) is 4.52 Å². The molecule has 0 fully saturated rings. The highest BCUT2D eigenvalue weighted by molar-refractivity contribution is 5.39. The molecule has 0 saturated heterocycles. The molecule has 9 heteroatoms. The van der Waals surface area contributed by atoms with Gasteiger partial charge in [0.25, 0.3) is 5.82 Å². The first-order chi connectivity index (χ1) is 9.95. The zero-order chi connectivity index (χ0) is 15.0. The summed E-state index contributed by atoms with van der Waals surface area (Å²) in [5, 5.41) is 10.0. The van der Waals surface area contributed by atoms with Crippen molar-refractivity contribution in [3.8, 4) is 11.6 Å². The fraction of sp³-hybridized carbons (Fsp3) is 0.0833. The number of halogens is 4. The standard InChI is InChI=1S/C12H6F4N4O/c13-7-3-1-2-4-8(7)21-10-6-5-9-17-18-11(12(14,15)16)20(9)19-10/h1-6H. The molecule has 0 aliphatic rings. The summed E-state index contributed by atoms with van der Waals surface area (Å²) in [6.07, 6.45) is -4.71. The summed E-state index contributed by atoms with van der Waals surface area (Å²) in [7, 11) is 0. The van der Waals surface area contributed by atoms with Gasteiger partial charge in [-0.05, 0) is 18.2 Å². The van der Waals surface area contributed by atoms with Crippen LogP contribution in [-0.4, -0.2) is 19.8 Å². The number of nitrogens with zero attached hydrogens (tertiary/aromatic N) is 4. The molecular formula is C12H6F4N4O. The summed E-state index contributed by atoms with van der Waals surface area (Å²) in [5.74, 6) is -2.29. The quantitative estimate of drug-likeness (QED) is 0.682. The zero-order valence-electron chi connectivity index (χ0n) is 10.2. The summed E-state index contributed by atoms with van der Waals surface area (Å²) in [5.41, 5.74) is -0.0943. The number of benzene rings is 1. The number of hydrogen-bond donors (Lipinski definition) is 0. The van der Waals surface area contributed by atoms with Crippen molar-refractivity contribution in [3.05, 3.63) is 48.0 Å². The van der Waals surface area contributed by atoms with Crippen molar-refractivity contribution >= 4 is 5.65 Å². The van der Waals surface area contributed by atoms with Crippen LogP contribution in [0.25, 0.3) is 5.65 Å². The van der Waals surface area contributed by atoms with E-state index >= 15 is 0 Å². The third-order valence-corrected chi connectivity index (χ3v) is 2.54. The molecule has 3 aromatic rings. The maximum absolute atomic E-state index is 13.4. The van der Waals surface area contributed by atoms with Gasteiger partial charge in [0.1, 0.15) is 0 Å². The molecule has 0 aliphatic heterocycles. The lowest BCUT2D eigenvalue weighted by atomic mass is 10.3. The van der Waals surface area contributed by atoms with Gasteiger partial charge in [-0.3, -0.25) is 0 Å². The Bertz CT molecular complexity index is 799. The molecule has 0 aliphatic carbocycles. The molecule has 0 N–H and O–H groups in total. The molecule has 0 atom stereocenters. The van der Waals surface area contributed by atoms with Gasteiger partial charge >= 0.3 is 6.18 Å². The third-order valence-electron chi connectivity index (χ3n) is 2.54. The molecule has 21 heavy (non-hydrogen) atoms. The summed E-state index contributed by atoms with van der Waals surface area (Å²) in [6.45, 7) is 0. The third kappa shape index (κ3) is 2.49. The number of aromatic nitrogens is 4. The van der Waals surface area contributed by atoms with Gasteiger partial charge in [0.15, 0.2) is 17.2 Å². The Hall–Kier alpha value is -2.71. The molecule has 5 nitrogen and oxygen atoms in total. The Morgan fingerprint density at radius 2 is 1.76 bits per heavy atom. The number of rotatable bonds is 2. The average Bonchev–Trinajstić information content (AvgIpc) is 2.84. The van der Waals surface area contributed by atoms with Crippen LogP contribution in [0.15, 0.2) is 36.4 Å². The van der Waals surface area contributed by atoms with Crippen LogP contribution in [0, 0.1) is 5.82 Å². The first-order valence-corrected chi connectivity index (χ1v) is 5.67. The van der Waals surface area contributed by atoms with Crippen molar-refractivity contribution in [2.75, 3.05) is 0 Å². The van der Waals surface area contributed by atoms with Gasteiger partial charge < -0.3 is 4.74 Å². The molecule has 2 heterocycles. The molecule has 2 aromatic heterocycles. The van der Waals surface area contributed by atoms with Gasteiger partial charge in [-0.2, -0.15) is 17.7 Å². The van der Waals surface area contributed by atoms with Crippen LogP contribution < -0.4 is 4.74 Å². The zero-order valence-corrected chi connectivity index (χ0v) is 10.2. The first kappa shape index (κ1) is 13.3. The molecule has 0 amide bonds. The Kier molecular flexibility index (Phi) is 2.96. The fourth-order valence-corrected chi connectivity index (χ4v) is 1.64. The SMILES string of the molecule is Fc1ccccc1Oc1ccc2nnc(C(F)(F)F)n2n1. The lowest BCUT2D eigenvalue weighted by Gasteiger charge is -2.07. The van der Waals surface area contributed by atoms with Crippen LogP contribution in [0.3, 0.4) is 0 Å². The lowest BCUT2D eigenvalue weighted by Crippen LogP contribution is -2.12. The Balaban J connectivity index is 2.03. The van der Waals surface area contributed by atoms with Crippen molar-refractivity contribution < 1.29 is 22.3 Å². The molecule has 0 bridgehead atoms. The van der Waals surface area contributed by atoms with E-state index < -0.39 is 17.8 Å². The molecule has 0 spiro atoms. The second kappa shape index (κ2) is 4.69. The maximum Gasteiger partial charge on any atom is 0.453 e. The van der Waals surface area contributed by atoms with E-state index in [1.54, 1.807) is 0 Å². The number of hydrogen-bond acceptors (Lipinski definition) is 4. The Labute approximate surface area is 114 Å². The highest BCUT2D eigenvalue weighted by atomic mass is 19.4. The minimum atomic E-state index is -4.71. The average molecular weight is 298 g/mol. The second-order valence-electron chi connectivity index (χ2n) is 4.00. The largest absolute Gasteiger partial charge is 0.453 e. The monoisotopic (exact) mass is 298 g/mol. The van der Waals surface area contributed by atoms with Crippen molar-refractivity contribution in [2.24, 2.45) is 0 Å². The summed E-state index contributed by atoms with van der Waals surface area (Å²) in [4.78, 5) is 0.